The number of aromatic nitrogens is 3. The largest absolute Gasteiger partial charge is 0.461 e. The van der Waals surface area contributed by atoms with Crippen LogP contribution in [0.2, 0.25) is 0 Å². The van der Waals surface area contributed by atoms with E-state index < -0.39 is 5.60 Å². The lowest BCUT2D eigenvalue weighted by atomic mass is 9.89. The molecule has 0 aromatic carbocycles. The molecule has 10 nitrogen and oxygen atoms in total. The Bertz CT molecular complexity index is 680. The summed E-state index contributed by atoms with van der Waals surface area (Å²) in [6.07, 6.45) is 4.10. The van der Waals surface area contributed by atoms with Crippen LogP contribution < -0.4 is 4.90 Å². The normalized spacial score (nSPS) is 25.8. The summed E-state index contributed by atoms with van der Waals surface area (Å²) in [5.74, 6) is 0.724. The first kappa shape index (κ1) is 19.1. The second kappa shape index (κ2) is 8.04. The number of piperidine rings is 1. The van der Waals surface area contributed by atoms with Crippen molar-refractivity contribution in [1.29, 1.82) is 0 Å². The minimum Gasteiger partial charge on any atom is -0.461 e. The molecule has 1 N–H and O–H groups in total. The van der Waals surface area contributed by atoms with Crippen molar-refractivity contribution in [3.05, 3.63) is 6.33 Å². The summed E-state index contributed by atoms with van der Waals surface area (Å²) in [5, 5.41) is 6.76. The van der Waals surface area contributed by atoms with Crippen molar-refractivity contribution >= 4 is 17.8 Å². The minimum absolute atomic E-state index is 0.0117. The first-order valence-electron chi connectivity index (χ1n) is 9.96. The van der Waals surface area contributed by atoms with Gasteiger partial charge in [0.2, 0.25) is 5.95 Å². The third-order valence-electron chi connectivity index (χ3n) is 6.14. The number of carbonyl (C=O) groups excluding carboxylic acids is 2. The summed E-state index contributed by atoms with van der Waals surface area (Å²) in [7, 11) is 1.64. The Labute approximate surface area is 164 Å². The summed E-state index contributed by atoms with van der Waals surface area (Å²) >= 11 is 0. The van der Waals surface area contributed by atoms with E-state index in [2.05, 4.69) is 25.0 Å². The van der Waals surface area contributed by atoms with Crippen molar-refractivity contribution in [2.45, 2.75) is 37.4 Å². The zero-order chi connectivity index (χ0) is 19.6. The standard InChI is InChI=1S/C18H28N6O4/c1-27-18(4-6-22(7-5-18)12-14-2-3-15(25)28-14)16(26)23-8-10-24(11-9-23)17-19-13-20-21-17/h13-14H,2-12H2,1H3,(H,19,20,21). The maximum Gasteiger partial charge on any atom is 0.306 e. The molecule has 3 saturated heterocycles. The van der Waals surface area contributed by atoms with Gasteiger partial charge in [-0.05, 0) is 19.3 Å². The van der Waals surface area contributed by atoms with Gasteiger partial charge >= 0.3 is 5.97 Å². The number of nitrogens with zero attached hydrogens (tertiary/aromatic N) is 5. The van der Waals surface area contributed by atoms with Gasteiger partial charge in [0, 0.05) is 59.3 Å². The predicted octanol–water partition coefficient (Wildman–Crippen LogP) is -0.360. The van der Waals surface area contributed by atoms with E-state index in [1.165, 1.54) is 6.33 Å². The molecular weight excluding hydrogens is 364 g/mol. The van der Waals surface area contributed by atoms with E-state index in [1.807, 2.05) is 4.90 Å². The molecule has 1 unspecified atom stereocenters. The maximum atomic E-state index is 13.3. The van der Waals surface area contributed by atoms with E-state index in [4.69, 9.17) is 9.47 Å². The Morgan fingerprint density at radius 1 is 1.29 bits per heavy atom. The number of nitrogens with one attached hydrogen (secondary N) is 1. The van der Waals surface area contributed by atoms with Crippen LogP contribution in [-0.4, -0.2) is 101 Å². The first-order chi connectivity index (χ1) is 13.6. The van der Waals surface area contributed by atoms with E-state index in [-0.39, 0.29) is 18.0 Å². The van der Waals surface area contributed by atoms with Crippen molar-refractivity contribution < 1.29 is 19.1 Å². The third-order valence-corrected chi connectivity index (χ3v) is 6.14. The summed E-state index contributed by atoms with van der Waals surface area (Å²) in [6, 6.07) is 0. The number of H-pyrrole nitrogens is 1. The van der Waals surface area contributed by atoms with Crippen LogP contribution in [0.15, 0.2) is 6.33 Å². The molecular formula is C18H28N6O4. The summed E-state index contributed by atoms with van der Waals surface area (Å²) in [4.78, 5) is 35.0. The van der Waals surface area contributed by atoms with Crippen molar-refractivity contribution in [1.82, 2.24) is 25.0 Å². The highest BCUT2D eigenvalue weighted by Gasteiger charge is 2.45. The molecule has 28 heavy (non-hydrogen) atoms. The molecule has 154 valence electrons. The van der Waals surface area contributed by atoms with Gasteiger partial charge in [-0.2, -0.15) is 10.1 Å². The van der Waals surface area contributed by atoms with E-state index in [0.717, 1.165) is 45.1 Å². The van der Waals surface area contributed by atoms with Crippen LogP contribution >= 0.6 is 0 Å². The summed E-state index contributed by atoms with van der Waals surface area (Å²) in [5.41, 5.74) is -0.753. The van der Waals surface area contributed by atoms with Crippen LogP contribution in [0.5, 0.6) is 0 Å². The number of amides is 1. The van der Waals surface area contributed by atoms with Crippen LogP contribution in [0.4, 0.5) is 5.95 Å². The predicted molar refractivity (Wildman–Crippen MR) is 99.7 cm³/mol. The molecule has 3 aliphatic heterocycles. The number of esters is 1. The second-order valence-corrected chi connectivity index (χ2v) is 7.74. The average molecular weight is 392 g/mol. The van der Waals surface area contributed by atoms with Crippen LogP contribution in [0.25, 0.3) is 0 Å². The summed E-state index contributed by atoms with van der Waals surface area (Å²) in [6.45, 7) is 5.02. The van der Waals surface area contributed by atoms with Crippen molar-refractivity contribution in [3.8, 4) is 0 Å². The van der Waals surface area contributed by atoms with Crippen LogP contribution in [0.1, 0.15) is 25.7 Å². The second-order valence-electron chi connectivity index (χ2n) is 7.74. The van der Waals surface area contributed by atoms with Gasteiger partial charge in [0.1, 0.15) is 18.0 Å². The lowest BCUT2D eigenvalue weighted by Crippen LogP contribution is -2.60. The number of anilines is 1. The number of cyclic esters (lactones) is 1. The molecule has 3 fully saturated rings. The van der Waals surface area contributed by atoms with E-state index in [9.17, 15) is 9.59 Å². The number of hydrogen-bond donors (Lipinski definition) is 1. The van der Waals surface area contributed by atoms with E-state index in [0.29, 0.717) is 32.4 Å². The zero-order valence-corrected chi connectivity index (χ0v) is 16.3. The number of ether oxygens (including phenoxy) is 2. The molecule has 0 aliphatic carbocycles. The van der Waals surface area contributed by atoms with Crippen LogP contribution in [-0.2, 0) is 19.1 Å². The SMILES string of the molecule is COC1(C(=O)N2CCN(c3ncn[nH]3)CC2)CCN(CC2CCC(=O)O2)CC1. The lowest BCUT2D eigenvalue weighted by molar-refractivity contribution is -0.162. The van der Waals surface area contributed by atoms with Gasteiger partial charge in [-0.1, -0.05) is 0 Å². The monoisotopic (exact) mass is 392 g/mol. The number of carbonyl (C=O) groups is 2. The molecule has 1 aromatic rings. The van der Waals surface area contributed by atoms with Gasteiger partial charge in [0.05, 0.1) is 0 Å². The van der Waals surface area contributed by atoms with E-state index in [1.54, 1.807) is 7.11 Å². The number of aromatic amines is 1. The minimum atomic E-state index is -0.753. The Morgan fingerprint density at radius 2 is 2.04 bits per heavy atom. The van der Waals surface area contributed by atoms with Crippen LogP contribution in [0.3, 0.4) is 0 Å². The highest BCUT2D eigenvalue weighted by molar-refractivity contribution is 5.85. The van der Waals surface area contributed by atoms with E-state index >= 15 is 0 Å². The first-order valence-corrected chi connectivity index (χ1v) is 9.96. The van der Waals surface area contributed by atoms with Gasteiger partial charge in [-0.25, -0.2) is 5.10 Å². The molecule has 1 amide bonds. The highest BCUT2D eigenvalue weighted by atomic mass is 16.5. The quantitative estimate of drug-likeness (QED) is 0.678. The Kier molecular flexibility index (Phi) is 5.49. The molecule has 4 rings (SSSR count). The molecule has 4 heterocycles. The van der Waals surface area contributed by atoms with Gasteiger partial charge in [-0.15, -0.1) is 0 Å². The van der Waals surface area contributed by atoms with Crippen molar-refractivity contribution in [2.24, 2.45) is 0 Å². The van der Waals surface area contributed by atoms with Crippen molar-refractivity contribution in [3.63, 3.8) is 0 Å². The fourth-order valence-corrected chi connectivity index (χ4v) is 4.36. The topological polar surface area (TPSA) is 104 Å². The molecule has 1 aromatic heterocycles. The van der Waals surface area contributed by atoms with Gasteiger partial charge in [0.15, 0.2) is 0 Å². The number of rotatable bonds is 5. The molecule has 0 saturated carbocycles. The molecule has 0 bridgehead atoms. The zero-order valence-electron chi connectivity index (χ0n) is 16.3. The van der Waals surface area contributed by atoms with Gasteiger partial charge in [-0.3, -0.25) is 14.5 Å². The average Bonchev–Trinajstić information content (AvgIpc) is 3.40. The molecule has 0 spiro atoms. The lowest BCUT2D eigenvalue weighted by Gasteiger charge is -2.44. The number of piperazine rings is 1. The Balaban J connectivity index is 1.30. The third kappa shape index (κ3) is 3.83. The van der Waals surface area contributed by atoms with Crippen LogP contribution in [0, 0.1) is 0 Å². The van der Waals surface area contributed by atoms with Gasteiger partial charge < -0.3 is 19.3 Å². The Hall–Kier alpha value is -2.20. The maximum absolute atomic E-state index is 13.3. The summed E-state index contributed by atoms with van der Waals surface area (Å²) < 4.78 is 11.1. The smallest absolute Gasteiger partial charge is 0.306 e. The number of likely N-dealkylation sites (tertiary alicyclic amines) is 1. The van der Waals surface area contributed by atoms with Crippen molar-refractivity contribution in [2.75, 3.05) is 57.8 Å². The number of hydrogen-bond acceptors (Lipinski definition) is 8. The molecule has 3 aliphatic rings. The van der Waals surface area contributed by atoms with Gasteiger partial charge in [0.25, 0.3) is 5.91 Å². The fourth-order valence-electron chi connectivity index (χ4n) is 4.36. The molecule has 0 radical (unpaired) electrons. The fraction of sp³-hybridized carbons (Fsp3) is 0.778. The molecule has 10 heteroatoms. The number of methoxy groups -OCH3 is 1. The Morgan fingerprint density at radius 3 is 2.61 bits per heavy atom. The highest BCUT2D eigenvalue weighted by Crippen LogP contribution is 2.30. The molecule has 1 atom stereocenters.